The van der Waals surface area contributed by atoms with E-state index in [1.165, 1.54) is 44.1 Å². The molecule has 3 atom stereocenters. The molecule has 0 radical (unpaired) electrons. The molecule has 2 fully saturated rings. The molecule has 92 valence electrons. The van der Waals surface area contributed by atoms with Crippen LogP contribution in [0.2, 0.25) is 0 Å². The molecule has 17 heavy (non-hydrogen) atoms. The van der Waals surface area contributed by atoms with Gasteiger partial charge in [-0.3, -0.25) is 0 Å². The van der Waals surface area contributed by atoms with Gasteiger partial charge in [0.15, 0.2) is 0 Å². The summed E-state index contributed by atoms with van der Waals surface area (Å²) < 4.78 is 6.25. The highest BCUT2D eigenvalue weighted by Crippen LogP contribution is 2.47. The number of thioether (sulfide) groups is 1. The summed E-state index contributed by atoms with van der Waals surface area (Å²) in [7, 11) is 0. The van der Waals surface area contributed by atoms with E-state index in [4.69, 9.17) is 4.74 Å². The highest BCUT2D eigenvalue weighted by Gasteiger charge is 2.36. The van der Waals surface area contributed by atoms with Gasteiger partial charge in [0.2, 0.25) is 0 Å². The van der Waals surface area contributed by atoms with E-state index in [1.54, 1.807) is 0 Å². The van der Waals surface area contributed by atoms with Gasteiger partial charge in [-0.1, -0.05) is 56.0 Å². The molecule has 0 amide bonds. The minimum absolute atomic E-state index is 0.282. The molecule has 1 aliphatic carbocycles. The SMILES string of the molecule is c1ccc(C2O[C@H]3CCCCCCC3S2)cc1. The van der Waals surface area contributed by atoms with Crippen molar-refractivity contribution in [2.75, 3.05) is 0 Å². The highest BCUT2D eigenvalue weighted by atomic mass is 32.2. The number of rotatable bonds is 1. The molecule has 1 aliphatic heterocycles. The quantitative estimate of drug-likeness (QED) is 0.721. The second kappa shape index (κ2) is 5.45. The van der Waals surface area contributed by atoms with Crippen LogP contribution in [0.3, 0.4) is 0 Å². The summed E-state index contributed by atoms with van der Waals surface area (Å²) in [5.41, 5.74) is 1.62. The third kappa shape index (κ3) is 2.69. The Morgan fingerprint density at radius 3 is 2.53 bits per heavy atom. The third-order valence-electron chi connectivity index (χ3n) is 3.81. The second-order valence-electron chi connectivity index (χ2n) is 5.08. The van der Waals surface area contributed by atoms with Crippen LogP contribution in [0.1, 0.15) is 49.5 Å². The summed E-state index contributed by atoms with van der Waals surface area (Å²) in [6.45, 7) is 0. The molecule has 1 saturated carbocycles. The van der Waals surface area contributed by atoms with Crippen LogP contribution in [0.4, 0.5) is 0 Å². The molecule has 2 aliphatic rings. The first-order chi connectivity index (χ1) is 8.43. The van der Waals surface area contributed by atoms with Crippen molar-refractivity contribution < 1.29 is 4.74 Å². The van der Waals surface area contributed by atoms with E-state index in [0.29, 0.717) is 6.10 Å². The monoisotopic (exact) mass is 248 g/mol. The van der Waals surface area contributed by atoms with Crippen molar-refractivity contribution >= 4 is 11.8 Å². The molecule has 1 aromatic rings. The van der Waals surface area contributed by atoms with Crippen molar-refractivity contribution in [2.45, 2.75) is 55.3 Å². The molecular formula is C15H20OS. The molecule has 1 heterocycles. The Kier molecular flexibility index (Phi) is 3.72. The van der Waals surface area contributed by atoms with E-state index in [1.807, 2.05) is 11.8 Å². The van der Waals surface area contributed by atoms with Gasteiger partial charge in [0.1, 0.15) is 5.44 Å². The smallest absolute Gasteiger partial charge is 0.129 e. The summed E-state index contributed by atoms with van der Waals surface area (Å²) >= 11 is 2.05. The Labute approximate surface area is 108 Å². The van der Waals surface area contributed by atoms with Gasteiger partial charge in [0.05, 0.1) is 6.10 Å². The Balaban J connectivity index is 1.70. The number of benzene rings is 1. The minimum atomic E-state index is 0.282. The number of hydrogen-bond acceptors (Lipinski definition) is 2. The first-order valence-electron chi connectivity index (χ1n) is 6.79. The van der Waals surface area contributed by atoms with Crippen molar-refractivity contribution in [3.63, 3.8) is 0 Å². The largest absolute Gasteiger partial charge is 0.358 e. The Morgan fingerprint density at radius 1 is 0.941 bits per heavy atom. The van der Waals surface area contributed by atoms with Crippen molar-refractivity contribution in [3.05, 3.63) is 35.9 Å². The number of hydrogen-bond donors (Lipinski definition) is 0. The maximum absolute atomic E-state index is 6.25. The molecule has 3 rings (SSSR count). The van der Waals surface area contributed by atoms with Crippen molar-refractivity contribution in [2.24, 2.45) is 0 Å². The molecule has 0 bridgehead atoms. The molecule has 2 heteroatoms. The molecule has 1 aromatic carbocycles. The molecule has 1 saturated heterocycles. The zero-order valence-electron chi connectivity index (χ0n) is 10.2. The van der Waals surface area contributed by atoms with Crippen LogP contribution in [-0.4, -0.2) is 11.4 Å². The Morgan fingerprint density at radius 2 is 1.71 bits per heavy atom. The lowest BCUT2D eigenvalue weighted by molar-refractivity contribution is 0.0421. The van der Waals surface area contributed by atoms with Crippen molar-refractivity contribution in [1.82, 2.24) is 0 Å². The zero-order valence-corrected chi connectivity index (χ0v) is 11.0. The van der Waals surface area contributed by atoms with E-state index in [0.717, 1.165) is 5.25 Å². The van der Waals surface area contributed by atoms with Gasteiger partial charge in [-0.05, 0) is 18.4 Å². The zero-order chi connectivity index (χ0) is 11.5. The predicted molar refractivity (Wildman–Crippen MR) is 73.1 cm³/mol. The lowest BCUT2D eigenvalue weighted by atomic mass is 9.98. The molecule has 0 N–H and O–H groups in total. The molecular weight excluding hydrogens is 228 g/mol. The van der Waals surface area contributed by atoms with E-state index >= 15 is 0 Å². The van der Waals surface area contributed by atoms with E-state index in [2.05, 4.69) is 30.3 Å². The van der Waals surface area contributed by atoms with Gasteiger partial charge in [-0.15, -0.1) is 11.8 Å². The van der Waals surface area contributed by atoms with Crippen LogP contribution in [0, 0.1) is 0 Å². The highest BCUT2D eigenvalue weighted by molar-refractivity contribution is 8.00. The number of fused-ring (bicyclic) bond motifs is 1. The van der Waals surface area contributed by atoms with E-state index in [-0.39, 0.29) is 5.44 Å². The summed E-state index contributed by atoms with van der Waals surface area (Å²) in [5.74, 6) is 0. The Hall–Kier alpha value is -0.470. The van der Waals surface area contributed by atoms with E-state index < -0.39 is 0 Å². The fourth-order valence-corrected chi connectivity index (χ4v) is 4.36. The number of ether oxygens (including phenoxy) is 1. The fraction of sp³-hybridized carbons (Fsp3) is 0.600. The van der Waals surface area contributed by atoms with Gasteiger partial charge < -0.3 is 4.74 Å². The molecule has 1 nitrogen and oxygen atoms in total. The van der Waals surface area contributed by atoms with E-state index in [9.17, 15) is 0 Å². The van der Waals surface area contributed by atoms with Gasteiger partial charge in [-0.25, -0.2) is 0 Å². The summed E-state index contributed by atoms with van der Waals surface area (Å²) in [4.78, 5) is 0. The molecule has 2 unspecified atom stereocenters. The standard InChI is InChI=1S/C15H20OS/c1-2-7-11-14-13(10-6-1)16-15(17-14)12-8-4-3-5-9-12/h3-5,8-9,13-15H,1-2,6-7,10-11H2/t13-,14?,15?/m0/s1. The summed E-state index contributed by atoms with van der Waals surface area (Å²) in [5, 5.41) is 0.737. The van der Waals surface area contributed by atoms with Gasteiger partial charge >= 0.3 is 0 Å². The Bertz CT molecular complexity index is 335. The first kappa shape index (κ1) is 11.6. The average Bonchev–Trinajstić information content (AvgIpc) is 2.73. The van der Waals surface area contributed by atoms with Crippen LogP contribution >= 0.6 is 11.8 Å². The van der Waals surface area contributed by atoms with Crippen LogP contribution in [0.25, 0.3) is 0 Å². The van der Waals surface area contributed by atoms with Crippen molar-refractivity contribution in [3.8, 4) is 0 Å². The van der Waals surface area contributed by atoms with Crippen molar-refractivity contribution in [1.29, 1.82) is 0 Å². The summed E-state index contributed by atoms with van der Waals surface area (Å²) in [6.07, 6.45) is 8.67. The van der Waals surface area contributed by atoms with Gasteiger partial charge in [0.25, 0.3) is 0 Å². The van der Waals surface area contributed by atoms with Crippen LogP contribution in [0.5, 0.6) is 0 Å². The van der Waals surface area contributed by atoms with Gasteiger partial charge in [0, 0.05) is 5.25 Å². The minimum Gasteiger partial charge on any atom is -0.358 e. The molecule has 0 aromatic heterocycles. The second-order valence-corrected chi connectivity index (χ2v) is 6.39. The average molecular weight is 248 g/mol. The maximum atomic E-state index is 6.25. The topological polar surface area (TPSA) is 9.23 Å². The summed E-state index contributed by atoms with van der Waals surface area (Å²) in [6, 6.07) is 10.7. The van der Waals surface area contributed by atoms with Crippen LogP contribution in [0.15, 0.2) is 30.3 Å². The third-order valence-corrected chi connectivity index (χ3v) is 5.33. The van der Waals surface area contributed by atoms with Crippen LogP contribution < -0.4 is 0 Å². The first-order valence-corrected chi connectivity index (χ1v) is 7.73. The lowest BCUT2D eigenvalue weighted by Gasteiger charge is -2.19. The normalized spacial score (nSPS) is 33.8. The van der Waals surface area contributed by atoms with Crippen LogP contribution in [-0.2, 0) is 4.74 Å². The predicted octanol–water partition coefficient (Wildman–Crippen LogP) is 4.54. The maximum Gasteiger partial charge on any atom is 0.129 e. The van der Waals surface area contributed by atoms with Gasteiger partial charge in [-0.2, -0.15) is 0 Å². The molecule has 0 spiro atoms. The lowest BCUT2D eigenvalue weighted by Crippen LogP contribution is -2.21. The fourth-order valence-electron chi connectivity index (χ4n) is 2.84.